The Labute approximate surface area is 94.4 Å². The first kappa shape index (κ1) is 12.0. The second-order valence-corrected chi connectivity index (χ2v) is 10.2. The molecule has 0 aromatic heterocycles. The molecular formula is C14H20Si. The van der Waals surface area contributed by atoms with Gasteiger partial charge in [-0.1, -0.05) is 67.8 Å². The average molecular weight is 216 g/mol. The molecule has 1 aromatic rings. The quantitative estimate of drug-likeness (QED) is 0.517. The van der Waals surface area contributed by atoms with Gasteiger partial charge >= 0.3 is 0 Å². The van der Waals surface area contributed by atoms with Crippen LogP contribution in [0.4, 0.5) is 0 Å². The van der Waals surface area contributed by atoms with Crippen molar-refractivity contribution in [3.8, 4) is 0 Å². The van der Waals surface area contributed by atoms with Crippen molar-refractivity contribution < 1.29 is 0 Å². The Hall–Kier alpha value is -1.08. The number of rotatable bonds is 3. The van der Waals surface area contributed by atoms with Crippen LogP contribution >= 0.6 is 0 Å². The zero-order valence-electron chi connectivity index (χ0n) is 10.2. The highest BCUT2D eigenvalue weighted by molar-refractivity contribution is 6.85. The third kappa shape index (κ3) is 2.93. The largest absolute Gasteiger partial charge is 0.0992 e. The van der Waals surface area contributed by atoms with Crippen LogP contribution in [0.1, 0.15) is 11.1 Å². The summed E-state index contributed by atoms with van der Waals surface area (Å²) in [6.07, 6.45) is 0. The van der Waals surface area contributed by atoms with Gasteiger partial charge < -0.3 is 0 Å². The van der Waals surface area contributed by atoms with Gasteiger partial charge in [0.15, 0.2) is 0 Å². The van der Waals surface area contributed by atoms with E-state index in [4.69, 9.17) is 0 Å². The van der Waals surface area contributed by atoms with Gasteiger partial charge in [0.25, 0.3) is 0 Å². The second-order valence-electron chi connectivity index (χ2n) is 5.07. The Morgan fingerprint density at radius 3 is 1.87 bits per heavy atom. The lowest BCUT2D eigenvalue weighted by Crippen LogP contribution is -2.23. The van der Waals surface area contributed by atoms with Gasteiger partial charge in [0.05, 0.1) is 8.07 Å². The Balaban J connectivity index is 2.96. The standard InChI is InChI=1S/C14H20Si/c1-11-7-9-14(10-8-11)12(2)13(3)15(4,5)6/h7-10H,2-3H2,1,4-6H3. The van der Waals surface area contributed by atoms with E-state index in [9.17, 15) is 0 Å². The maximum atomic E-state index is 4.19. The molecule has 0 N–H and O–H groups in total. The van der Waals surface area contributed by atoms with Gasteiger partial charge in [-0.15, -0.1) is 0 Å². The van der Waals surface area contributed by atoms with E-state index in [-0.39, 0.29) is 0 Å². The average Bonchev–Trinajstić information content (AvgIpc) is 2.15. The molecule has 1 aromatic carbocycles. The van der Waals surface area contributed by atoms with Gasteiger partial charge in [-0.3, -0.25) is 0 Å². The zero-order valence-corrected chi connectivity index (χ0v) is 11.2. The van der Waals surface area contributed by atoms with Crippen LogP contribution in [-0.4, -0.2) is 8.07 Å². The van der Waals surface area contributed by atoms with Crippen LogP contribution in [0.25, 0.3) is 5.57 Å². The molecule has 0 amide bonds. The first-order chi connectivity index (χ1) is 6.82. The van der Waals surface area contributed by atoms with Gasteiger partial charge in [-0.2, -0.15) is 0 Å². The Kier molecular flexibility index (Phi) is 3.35. The molecule has 15 heavy (non-hydrogen) atoms. The van der Waals surface area contributed by atoms with E-state index in [2.05, 4.69) is 64.0 Å². The zero-order chi connectivity index (χ0) is 11.6. The molecule has 1 heteroatoms. The molecule has 0 saturated heterocycles. The van der Waals surface area contributed by atoms with Crippen molar-refractivity contribution in [3.63, 3.8) is 0 Å². The van der Waals surface area contributed by atoms with Crippen LogP contribution in [0.5, 0.6) is 0 Å². The van der Waals surface area contributed by atoms with Gasteiger partial charge in [0.1, 0.15) is 0 Å². The minimum atomic E-state index is -1.31. The van der Waals surface area contributed by atoms with Crippen LogP contribution in [0, 0.1) is 6.92 Å². The lowest BCUT2D eigenvalue weighted by Gasteiger charge is -2.21. The third-order valence-electron chi connectivity index (χ3n) is 2.67. The number of allylic oxidation sites excluding steroid dienone is 2. The van der Waals surface area contributed by atoms with E-state index in [1.807, 2.05) is 0 Å². The van der Waals surface area contributed by atoms with E-state index in [0.29, 0.717) is 0 Å². The molecule has 1 rings (SSSR count). The molecule has 0 nitrogen and oxygen atoms in total. The maximum absolute atomic E-state index is 4.19. The van der Waals surface area contributed by atoms with Crippen molar-refractivity contribution in [2.45, 2.75) is 26.6 Å². The normalized spacial score (nSPS) is 11.2. The van der Waals surface area contributed by atoms with Crippen molar-refractivity contribution in [2.24, 2.45) is 0 Å². The fraction of sp³-hybridized carbons (Fsp3) is 0.286. The van der Waals surface area contributed by atoms with E-state index in [0.717, 1.165) is 5.57 Å². The highest BCUT2D eigenvalue weighted by Gasteiger charge is 2.20. The van der Waals surface area contributed by atoms with Crippen molar-refractivity contribution in [1.82, 2.24) is 0 Å². The number of hydrogen-bond donors (Lipinski definition) is 0. The Bertz CT molecular complexity index is 377. The summed E-state index contributed by atoms with van der Waals surface area (Å²) in [5.74, 6) is 0. The molecule has 0 fully saturated rings. The summed E-state index contributed by atoms with van der Waals surface area (Å²) in [4.78, 5) is 0. The molecule has 0 spiro atoms. The number of hydrogen-bond acceptors (Lipinski definition) is 0. The summed E-state index contributed by atoms with van der Waals surface area (Å²) in [5, 5.41) is 1.24. The fourth-order valence-corrected chi connectivity index (χ4v) is 2.43. The molecule has 0 bridgehead atoms. The predicted octanol–water partition coefficient (Wildman–Crippen LogP) is 4.44. The first-order valence-corrected chi connectivity index (χ1v) is 8.78. The minimum Gasteiger partial charge on any atom is -0.0992 e. The third-order valence-corrected chi connectivity index (χ3v) is 4.78. The molecule has 0 aliphatic rings. The molecule has 0 unspecified atom stereocenters. The molecule has 0 radical (unpaired) electrons. The van der Waals surface area contributed by atoms with Crippen molar-refractivity contribution in [1.29, 1.82) is 0 Å². The monoisotopic (exact) mass is 216 g/mol. The molecule has 0 heterocycles. The van der Waals surface area contributed by atoms with Crippen molar-refractivity contribution in [3.05, 3.63) is 53.7 Å². The highest BCUT2D eigenvalue weighted by atomic mass is 28.3. The van der Waals surface area contributed by atoms with E-state index in [1.165, 1.54) is 16.3 Å². The van der Waals surface area contributed by atoms with E-state index in [1.54, 1.807) is 0 Å². The van der Waals surface area contributed by atoms with Crippen LogP contribution in [0.3, 0.4) is 0 Å². The fourth-order valence-electron chi connectivity index (χ4n) is 1.38. The Morgan fingerprint density at radius 2 is 1.47 bits per heavy atom. The second kappa shape index (κ2) is 4.19. The van der Waals surface area contributed by atoms with Crippen LogP contribution < -0.4 is 0 Å². The summed E-state index contributed by atoms with van der Waals surface area (Å²) >= 11 is 0. The summed E-state index contributed by atoms with van der Waals surface area (Å²) in [6, 6.07) is 8.50. The Morgan fingerprint density at radius 1 is 1.00 bits per heavy atom. The summed E-state index contributed by atoms with van der Waals surface area (Å²) in [6.45, 7) is 17.3. The molecular weight excluding hydrogens is 196 g/mol. The lowest BCUT2D eigenvalue weighted by molar-refractivity contribution is 1.45. The van der Waals surface area contributed by atoms with Crippen molar-refractivity contribution in [2.75, 3.05) is 0 Å². The minimum absolute atomic E-state index is 1.11. The van der Waals surface area contributed by atoms with Gasteiger partial charge in [-0.05, 0) is 18.1 Å². The highest BCUT2D eigenvalue weighted by Crippen LogP contribution is 2.27. The summed E-state index contributed by atoms with van der Waals surface area (Å²) in [5.41, 5.74) is 3.59. The molecule has 0 aliphatic heterocycles. The molecule has 0 atom stereocenters. The maximum Gasteiger partial charge on any atom is 0.0776 e. The number of aryl methyl sites for hydroxylation is 1. The van der Waals surface area contributed by atoms with E-state index >= 15 is 0 Å². The first-order valence-electron chi connectivity index (χ1n) is 5.28. The molecule has 0 aliphatic carbocycles. The van der Waals surface area contributed by atoms with Crippen LogP contribution in [0.2, 0.25) is 19.6 Å². The van der Waals surface area contributed by atoms with Gasteiger partial charge in [0.2, 0.25) is 0 Å². The topological polar surface area (TPSA) is 0 Å². The lowest BCUT2D eigenvalue weighted by atomic mass is 10.1. The van der Waals surface area contributed by atoms with Crippen molar-refractivity contribution >= 4 is 13.6 Å². The summed E-state index contributed by atoms with van der Waals surface area (Å²) in [7, 11) is -1.31. The molecule has 0 saturated carbocycles. The number of benzene rings is 1. The van der Waals surface area contributed by atoms with Crippen LogP contribution in [-0.2, 0) is 0 Å². The van der Waals surface area contributed by atoms with Crippen LogP contribution in [0.15, 0.2) is 42.6 Å². The summed E-state index contributed by atoms with van der Waals surface area (Å²) < 4.78 is 0. The van der Waals surface area contributed by atoms with Gasteiger partial charge in [-0.25, -0.2) is 0 Å². The molecule has 80 valence electrons. The van der Waals surface area contributed by atoms with Gasteiger partial charge in [0, 0.05) is 0 Å². The van der Waals surface area contributed by atoms with E-state index < -0.39 is 8.07 Å². The predicted molar refractivity (Wildman–Crippen MR) is 72.7 cm³/mol. The SMILES string of the molecule is C=C(C(=C)[Si](C)(C)C)c1ccc(C)cc1. The smallest absolute Gasteiger partial charge is 0.0776 e.